The molecule has 0 aliphatic rings. The lowest BCUT2D eigenvalue weighted by molar-refractivity contribution is -0.139. The molecule has 2 rings (SSSR count). The number of nitrogens with one attached hydrogen (secondary N) is 1. The van der Waals surface area contributed by atoms with E-state index in [0.29, 0.717) is 26.9 Å². The van der Waals surface area contributed by atoms with E-state index in [1.54, 1.807) is 56.3 Å². The molecule has 31 heavy (non-hydrogen) atoms. The SMILES string of the molecule is CNC(=O)[C@@H](C)N(Cc1ccc(Cl)c(Cl)c1)C(=O)CN(c1ccccc1C)S(C)(=O)=O. The summed E-state index contributed by atoms with van der Waals surface area (Å²) in [6.45, 7) is 2.94. The minimum Gasteiger partial charge on any atom is -0.357 e. The van der Waals surface area contributed by atoms with E-state index in [9.17, 15) is 18.0 Å². The standard InChI is InChI=1S/C21H25Cl2N3O4S/c1-14-7-5-6-8-19(14)26(31(4,29)30)13-20(27)25(15(2)21(28)24-3)12-16-9-10-17(22)18(23)11-16/h5-11,15H,12-13H2,1-4H3,(H,24,28)/t15-/m1/s1. The van der Waals surface area contributed by atoms with Gasteiger partial charge in [-0.2, -0.15) is 0 Å². The van der Waals surface area contributed by atoms with E-state index in [1.807, 2.05) is 0 Å². The summed E-state index contributed by atoms with van der Waals surface area (Å²) < 4.78 is 26.0. The third kappa shape index (κ3) is 6.35. The number of hydrogen-bond acceptors (Lipinski definition) is 4. The van der Waals surface area contributed by atoms with E-state index >= 15 is 0 Å². The van der Waals surface area contributed by atoms with Crippen molar-refractivity contribution in [1.82, 2.24) is 10.2 Å². The second kappa shape index (κ2) is 10.3. The summed E-state index contributed by atoms with van der Waals surface area (Å²) in [5.41, 5.74) is 1.76. The van der Waals surface area contributed by atoms with Crippen LogP contribution in [-0.4, -0.2) is 51.0 Å². The molecule has 1 N–H and O–H groups in total. The van der Waals surface area contributed by atoms with Crippen LogP contribution in [0.1, 0.15) is 18.1 Å². The highest BCUT2D eigenvalue weighted by Crippen LogP contribution is 2.25. The molecule has 2 aromatic rings. The van der Waals surface area contributed by atoms with E-state index < -0.39 is 28.5 Å². The summed E-state index contributed by atoms with van der Waals surface area (Å²) in [7, 11) is -2.29. The number of amides is 2. The topological polar surface area (TPSA) is 86.8 Å². The molecule has 0 radical (unpaired) electrons. The van der Waals surface area contributed by atoms with Gasteiger partial charge in [0.25, 0.3) is 0 Å². The lowest BCUT2D eigenvalue weighted by Crippen LogP contribution is -2.50. The van der Waals surface area contributed by atoms with Gasteiger partial charge in [-0.3, -0.25) is 13.9 Å². The number of hydrogen-bond donors (Lipinski definition) is 1. The van der Waals surface area contributed by atoms with Gasteiger partial charge in [0.2, 0.25) is 21.8 Å². The minimum atomic E-state index is -3.76. The fraction of sp³-hybridized carbons (Fsp3) is 0.333. The minimum absolute atomic E-state index is 0.0513. The Kier molecular flexibility index (Phi) is 8.34. The normalized spacial score (nSPS) is 12.2. The summed E-state index contributed by atoms with van der Waals surface area (Å²) in [5, 5.41) is 3.20. The lowest BCUT2D eigenvalue weighted by Gasteiger charge is -2.31. The van der Waals surface area contributed by atoms with Crippen LogP contribution in [0.25, 0.3) is 0 Å². The molecule has 0 bridgehead atoms. The molecule has 10 heteroatoms. The average Bonchev–Trinajstić information content (AvgIpc) is 2.71. The number of rotatable bonds is 8. The molecule has 2 amide bonds. The lowest BCUT2D eigenvalue weighted by atomic mass is 10.1. The van der Waals surface area contributed by atoms with Gasteiger partial charge < -0.3 is 10.2 Å². The maximum absolute atomic E-state index is 13.3. The number of carbonyl (C=O) groups excluding carboxylic acids is 2. The zero-order valence-corrected chi connectivity index (χ0v) is 20.1. The molecule has 168 valence electrons. The Bertz CT molecular complexity index is 1080. The number of sulfonamides is 1. The van der Waals surface area contributed by atoms with Crippen molar-refractivity contribution < 1.29 is 18.0 Å². The molecule has 0 saturated carbocycles. The van der Waals surface area contributed by atoms with Crippen LogP contribution in [0.15, 0.2) is 42.5 Å². The number of anilines is 1. The van der Waals surface area contributed by atoms with Gasteiger partial charge in [-0.15, -0.1) is 0 Å². The molecule has 0 unspecified atom stereocenters. The molecule has 0 saturated heterocycles. The third-order valence-electron chi connectivity index (χ3n) is 4.81. The van der Waals surface area contributed by atoms with Crippen LogP contribution in [0.2, 0.25) is 10.0 Å². The van der Waals surface area contributed by atoms with E-state index in [-0.39, 0.29) is 12.5 Å². The maximum atomic E-state index is 13.3. The predicted molar refractivity (Wildman–Crippen MR) is 124 cm³/mol. The first-order chi connectivity index (χ1) is 14.5. The Balaban J connectivity index is 2.41. The van der Waals surface area contributed by atoms with Crippen molar-refractivity contribution in [2.75, 3.05) is 24.2 Å². The highest BCUT2D eigenvalue weighted by molar-refractivity contribution is 7.92. The summed E-state index contributed by atoms with van der Waals surface area (Å²) in [6.07, 6.45) is 1.04. The first-order valence-corrected chi connectivity index (χ1v) is 12.0. The van der Waals surface area contributed by atoms with Crippen molar-refractivity contribution in [3.8, 4) is 0 Å². The number of para-hydroxylation sites is 1. The largest absolute Gasteiger partial charge is 0.357 e. The summed E-state index contributed by atoms with van der Waals surface area (Å²) in [5.74, 6) is -0.911. The van der Waals surface area contributed by atoms with Crippen molar-refractivity contribution in [3.05, 3.63) is 63.6 Å². The Hall–Kier alpha value is -2.29. The molecule has 1 atom stereocenters. The van der Waals surface area contributed by atoms with Gasteiger partial charge in [-0.1, -0.05) is 47.5 Å². The molecule has 0 spiro atoms. The molecular weight excluding hydrogens is 461 g/mol. The van der Waals surface area contributed by atoms with Crippen molar-refractivity contribution in [2.45, 2.75) is 26.4 Å². The van der Waals surface area contributed by atoms with Crippen molar-refractivity contribution >= 4 is 50.7 Å². The molecule has 0 aromatic heterocycles. The van der Waals surface area contributed by atoms with Crippen molar-refractivity contribution in [2.24, 2.45) is 0 Å². The Morgan fingerprint density at radius 2 is 1.74 bits per heavy atom. The van der Waals surface area contributed by atoms with E-state index in [0.717, 1.165) is 10.6 Å². The van der Waals surface area contributed by atoms with Gasteiger partial charge in [0.15, 0.2) is 0 Å². The zero-order valence-electron chi connectivity index (χ0n) is 17.7. The number of nitrogens with zero attached hydrogens (tertiary/aromatic N) is 2. The number of benzene rings is 2. The zero-order chi connectivity index (χ0) is 23.3. The van der Waals surface area contributed by atoms with Gasteiger partial charge in [-0.25, -0.2) is 8.42 Å². The smallest absolute Gasteiger partial charge is 0.244 e. The van der Waals surface area contributed by atoms with E-state index in [1.165, 1.54) is 11.9 Å². The summed E-state index contributed by atoms with van der Waals surface area (Å²) >= 11 is 12.1. The van der Waals surface area contributed by atoms with Gasteiger partial charge in [-0.05, 0) is 43.2 Å². The molecule has 2 aromatic carbocycles. The molecule has 7 nitrogen and oxygen atoms in total. The summed E-state index contributed by atoms with van der Waals surface area (Å²) in [6, 6.07) is 10.9. The fourth-order valence-electron chi connectivity index (χ4n) is 3.06. The van der Waals surface area contributed by atoms with E-state index in [2.05, 4.69) is 5.32 Å². The molecule has 0 aliphatic carbocycles. The van der Waals surface area contributed by atoms with Gasteiger partial charge in [0, 0.05) is 13.6 Å². The first kappa shape index (κ1) is 25.0. The molecule has 0 heterocycles. The fourth-order valence-corrected chi connectivity index (χ4v) is 4.29. The second-order valence-corrected chi connectivity index (χ2v) is 9.84. The van der Waals surface area contributed by atoms with Crippen LogP contribution in [0, 0.1) is 6.92 Å². The molecule has 0 aliphatic heterocycles. The van der Waals surface area contributed by atoms with Crippen molar-refractivity contribution in [1.29, 1.82) is 0 Å². The quantitative estimate of drug-likeness (QED) is 0.621. The number of likely N-dealkylation sites (N-methyl/N-ethyl adjacent to an activating group) is 1. The van der Waals surface area contributed by atoms with Crippen molar-refractivity contribution in [3.63, 3.8) is 0 Å². The predicted octanol–water partition coefficient (Wildman–Crippen LogP) is 3.23. The van der Waals surface area contributed by atoms with Gasteiger partial charge in [0.1, 0.15) is 12.6 Å². The Labute approximate surface area is 193 Å². The van der Waals surface area contributed by atoms with Gasteiger partial charge in [0.05, 0.1) is 22.0 Å². The monoisotopic (exact) mass is 485 g/mol. The molecule has 0 fully saturated rings. The Morgan fingerprint density at radius 1 is 1.10 bits per heavy atom. The average molecular weight is 486 g/mol. The molecular formula is C21H25Cl2N3O4S. The first-order valence-electron chi connectivity index (χ1n) is 9.44. The maximum Gasteiger partial charge on any atom is 0.244 e. The van der Waals surface area contributed by atoms with Crippen LogP contribution in [0.3, 0.4) is 0 Å². The third-order valence-corrected chi connectivity index (χ3v) is 6.68. The van der Waals surface area contributed by atoms with Crippen LogP contribution in [0.4, 0.5) is 5.69 Å². The highest BCUT2D eigenvalue weighted by Gasteiger charge is 2.30. The number of halogens is 2. The summed E-state index contributed by atoms with van der Waals surface area (Å²) in [4.78, 5) is 26.9. The highest BCUT2D eigenvalue weighted by atomic mass is 35.5. The van der Waals surface area contributed by atoms with Crippen LogP contribution >= 0.6 is 23.2 Å². The second-order valence-electron chi connectivity index (χ2n) is 7.12. The number of carbonyl (C=O) groups is 2. The van der Waals surface area contributed by atoms with E-state index in [4.69, 9.17) is 23.2 Å². The van der Waals surface area contributed by atoms with Crippen LogP contribution < -0.4 is 9.62 Å². The van der Waals surface area contributed by atoms with Gasteiger partial charge >= 0.3 is 0 Å². The Morgan fingerprint density at radius 3 is 2.29 bits per heavy atom. The van der Waals surface area contributed by atoms with Crippen LogP contribution in [0.5, 0.6) is 0 Å². The van der Waals surface area contributed by atoms with Crippen LogP contribution in [-0.2, 0) is 26.2 Å². The number of aryl methyl sites for hydroxylation is 1.